The van der Waals surface area contributed by atoms with Crippen molar-refractivity contribution < 1.29 is 19.3 Å². The zero-order valence-corrected chi connectivity index (χ0v) is 19.3. The summed E-state index contributed by atoms with van der Waals surface area (Å²) in [6, 6.07) is 14.4. The van der Waals surface area contributed by atoms with Crippen LogP contribution in [0.25, 0.3) is 10.8 Å². The van der Waals surface area contributed by atoms with Gasteiger partial charge in [-0.2, -0.15) is 5.10 Å². The minimum absolute atomic E-state index is 0.0248. The maximum Gasteiger partial charge on any atom is 0.156 e. The predicted molar refractivity (Wildman–Crippen MR) is 128 cm³/mol. The lowest BCUT2D eigenvalue weighted by Gasteiger charge is -2.32. The zero-order valence-electron chi connectivity index (χ0n) is 19.3. The molecule has 1 fully saturated rings. The predicted octanol–water partition coefficient (Wildman–Crippen LogP) is 3.23. The fraction of sp³-hybridized carbons (Fsp3) is 0.440. The van der Waals surface area contributed by atoms with Crippen molar-refractivity contribution >= 4 is 16.6 Å². The third-order valence-electron chi connectivity index (χ3n) is 5.96. The number of fused-ring (bicyclic) bond motifs is 1. The monoisotopic (exact) mass is 452 g/mol. The van der Waals surface area contributed by atoms with Crippen LogP contribution in [-0.2, 0) is 17.9 Å². The van der Waals surface area contributed by atoms with E-state index in [1.807, 2.05) is 30.3 Å². The molecule has 0 unspecified atom stereocenters. The summed E-state index contributed by atoms with van der Waals surface area (Å²) in [6.45, 7) is 3.70. The van der Waals surface area contributed by atoms with Crippen molar-refractivity contribution in [2.24, 2.45) is 0 Å². The number of rotatable bonds is 10. The van der Waals surface area contributed by atoms with Gasteiger partial charge >= 0.3 is 0 Å². The SMILES string of the molecule is COCc1nnc(NC2CCN(Cc3ccc(OCCO)cc3)CC2)c2cc(OC)ccc12. The van der Waals surface area contributed by atoms with Crippen LogP contribution in [0.3, 0.4) is 0 Å². The van der Waals surface area contributed by atoms with Gasteiger partial charge in [0.2, 0.25) is 0 Å². The number of anilines is 1. The first-order valence-electron chi connectivity index (χ1n) is 11.3. The number of piperidine rings is 1. The highest BCUT2D eigenvalue weighted by Gasteiger charge is 2.21. The standard InChI is InChI=1S/C25H32N4O4/c1-31-17-24-22-8-7-21(32-2)15-23(22)25(28-27-24)26-19-9-11-29(12-10-19)16-18-3-5-20(6-4-18)33-14-13-30/h3-8,15,19,30H,9-14,16-17H2,1-2H3,(H,26,28). The lowest BCUT2D eigenvalue weighted by Crippen LogP contribution is -2.38. The quantitative estimate of drug-likeness (QED) is 0.485. The molecule has 8 heteroatoms. The second kappa shape index (κ2) is 11.3. The molecule has 3 aromatic rings. The first-order chi connectivity index (χ1) is 16.2. The van der Waals surface area contributed by atoms with E-state index in [9.17, 15) is 0 Å². The largest absolute Gasteiger partial charge is 0.497 e. The van der Waals surface area contributed by atoms with E-state index < -0.39 is 0 Å². The molecule has 2 aromatic carbocycles. The van der Waals surface area contributed by atoms with Crippen molar-refractivity contribution in [1.29, 1.82) is 0 Å². The number of nitrogens with one attached hydrogen (secondary N) is 1. The molecule has 2 N–H and O–H groups in total. The first kappa shape index (κ1) is 23.2. The minimum atomic E-state index is 0.0248. The first-order valence-corrected chi connectivity index (χ1v) is 11.3. The summed E-state index contributed by atoms with van der Waals surface area (Å²) >= 11 is 0. The van der Waals surface area contributed by atoms with Crippen LogP contribution in [0.1, 0.15) is 24.1 Å². The van der Waals surface area contributed by atoms with Crippen molar-refractivity contribution in [3.63, 3.8) is 0 Å². The molecule has 4 rings (SSSR count). The van der Waals surface area contributed by atoms with Gasteiger partial charge in [-0.05, 0) is 48.7 Å². The smallest absolute Gasteiger partial charge is 0.156 e. The van der Waals surface area contributed by atoms with Crippen LogP contribution in [0.5, 0.6) is 11.5 Å². The third-order valence-corrected chi connectivity index (χ3v) is 5.96. The number of aliphatic hydroxyl groups excluding tert-OH is 1. The Hall–Kier alpha value is -2.94. The van der Waals surface area contributed by atoms with Gasteiger partial charge < -0.3 is 24.6 Å². The van der Waals surface area contributed by atoms with Crippen molar-refractivity contribution in [2.45, 2.75) is 32.0 Å². The van der Waals surface area contributed by atoms with Crippen molar-refractivity contribution in [1.82, 2.24) is 15.1 Å². The number of aromatic nitrogens is 2. The van der Waals surface area contributed by atoms with E-state index >= 15 is 0 Å². The van der Waals surface area contributed by atoms with E-state index in [1.165, 1.54) is 5.56 Å². The number of nitrogens with zero attached hydrogens (tertiary/aromatic N) is 3. The molecule has 0 aliphatic carbocycles. The Morgan fingerprint density at radius 2 is 1.76 bits per heavy atom. The van der Waals surface area contributed by atoms with Gasteiger partial charge in [-0.25, -0.2) is 0 Å². The number of benzene rings is 2. The summed E-state index contributed by atoms with van der Waals surface area (Å²) in [4.78, 5) is 2.47. The van der Waals surface area contributed by atoms with Crippen LogP contribution < -0.4 is 14.8 Å². The highest BCUT2D eigenvalue weighted by Crippen LogP contribution is 2.29. The van der Waals surface area contributed by atoms with Crippen molar-refractivity contribution in [2.75, 3.05) is 45.8 Å². The summed E-state index contributed by atoms with van der Waals surface area (Å²) in [5.74, 6) is 2.38. The van der Waals surface area contributed by atoms with E-state index in [2.05, 4.69) is 32.5 Å². The normalized spacial score (nSPS) is 15.0. The molecule has 8 nitrogen and oxygen atoms in total. The average molecular weight is 453 g/mol. The molecule has 0 atom stereocenters. The second-order valence-electron chi connectivity index (χ2n) is 8.25. The van der Waals surface area contributed by atoms with Gasteiger partial charge in [-0.3, -0.25) is 4.90 Å². The Balaban J connectivity index is 1.37. The number of hydrogen-bond acceptors (Lipinski definition) is 8. The van der Waals surface area contributed by atoms with Gasteiger partial charge in [0.05, 0.1) is 26.0 Å². The fourth-order valence-electron chi connectivity index (χ4n) is 4.21. The summed E-state index contributed by atoms with van der Waals surface area (Å²) in [7, 11) is 3.33. The van der Waals surface area contributed by atoms with Crippen LogP contribution in [0.4, 0.5) is 5.82 Å². The highest BCUT2D eigenvalue weighted by atomic mass is 16.5. The zero-order chi connectivity index (χ0) is 23.0. The van der Waals surface area contributed by atoms with Crippen LogP contribution >= 0.6 is 0 Å². The lowest BCUT2D eigenvalue weighted by atomic mass is 10.0. The molecule has 0 bridgehead atoms. The topological polar surface area (TPSA) is 89.0 Å². The Bertz CT molecular complexity index is 1040. The Morgan fingerprint density at radius 1 is 1.00 bits per heavy atom. The lowest BCUT2D eigenvalue weighted by molar-refractivity contribution is 0.182. The van der Waals surface area contributed by atoms with E-state index in [0.29, 0.717) is 19.3 Å². The van der Waals surface area contributed by atoms with Crippen LogP contribution in [0.15, 0.2) is 42.5 Å². The maximum absolute atomic E-state index is 8.87. The van der Waals surface area contributed by atoms with Gasteiger partial charge in [0.25, 0.3) is 0 Å². The van der Waals surface area contributed by atoms with Gasteiger partial charge in [0.15, 0.2) is 5.82 Å². The molecule has 1 aliphatic heterocycles. The van der Waals surface area contributed by atoms with E-state index in [-0.39, 0.29) is 6.61 Å². The van der Waals surface area contributed by atoms with Gasteiger partial charge in [0.1, 0.15) is 18.1 Å². The summed E-state index contributed by atoms with van der Waals surface area (Å²) in [6.07, 6.45) is 2.06. The number of methoxy groups -OCH3 is 2. The molecule has 1 saturated heterocycles. The summed E-state index contributed by atoms with van der Waals surface area (Å²) in [5.41, 5.74) is 2.08. The number of hydrogen-bond donors (Lipinski definition) is 2. The van der Waals surface area contributed by atoms with E-state index in [4.69, 9.17) is 19.3 Å². The van der Waals surface area contributed by atoms with E-state index in [0.717, 1.165) is 66.3 Å². The molecule has 2 heterocycles. The van der Waals surface area contributed by atoms with Gasteiger partial charge in [-0.15, -0.1) is 5.10 Å². The maximum atomic E-state index is 8.87. The number of ether oxygens (including phenoxy) is 3. The number of likely N-dealkylation sites (tertiary alicyclic amines) is 1. The number of aliphatic hydroxyl groups is 1. The minimum Gasteiger partial charge on any atom is -0.497 e. The molecular weight excluding hydrogens is 420 g/mol. The average Bonchev–Trinajstić information content (AvgIpc) is 2.86. The van der Waals surface area contributed by atoms with E-state index in [1.54, 1.807) is 14.2 Å². The molecular formula is C25H32N4O4. The second-order valence-corrected chi connectivity index (χ2v) is 8.25. The van der Waals surface area contributed by atoms with Gasteiger partial charge in [0, 0.05) is 43.6 Å². The molecule has 0 saturated carbocycles. The summed E-state index contributed by atoms with van der Waals surface area (Å²) < 4.78 is 16.2. The van der Waals surface area contributed by atoms with Crippen molar-refractivity contribution in [3.05, 3.63) is 53.7 Å². The Morgan fingerprint density at radius 3 is 2.45 bits per heavy atom. The molecule has 33 heavy (non-hydrogen) atoms. The van der Waals surface area contributed by atoms with Gasteiger partial charge in [-0.1, -0.05) is 12.1 Å². The Kier molecular flexibility index (Phi) is 7.93. The molecule has 1 aromatic heterocycles. The third kappa shape index (κ3) is 5.90. The molecule has 0 spiro atoms. The molecule has 0 amide bonds. The van der Waals surface area contributed by atoms with Crippen LogP contribution in [-0.4, -0.2) is 66.8 Å². The van der Waals surface area contributed by atoms with Crippen molar-refractivity contribution in [3.8, 4) is 11.5 Å². The molecule has 1 aliphatic rings. The molecule has 176 valence electrons. The fourth-order valence-corrected chi connectivity index (χ4v) is 4.21. The summed E-state index contributed by atoms with van der Waals surface area (Å²) in [5, 5.41) is 23.4. The Labute approximate surface area is 194 Å². The van der Waals surface area contributed by atoms with Crippen LogP contribution in [0, 0.1) is 0 Å². The molecule has 0 radical (unpaired) electrons. The highest BCUT2D eigenvalue weighted by molar-refractivity contribution is 5.94. The van der Waals surface area contributed by atoms with Crippen LogP contribution in [0.2, 0.25) is 0 Å².